The standard InChI is InChI=1S/C10H12ClF2NO3S/c1-6(2)18(15,16)14-7-3-4-9(8(11)5-7)17-10(12)13/h3-6,10,14H,1-2H3. The average Bonchev–Trinajstić information content (AvgIpc) is 2.21. The predicted octanol–water partition coefficient (Wildman–Crippen LogP) is 3.09. The first kappa shape index (κ1) is 15.0. The minimum atomic E-state index is -3.50. The van der Waals surface area contributed by atoms with E-state index in [2.05, 4.69) is 9.46 Å². The first-order valence-electron chi connectivity index (χ1n) is 4.98. The quantitative estimate of drug-likeness (QED) is 0.909. The van der Waals surface area contributed by atoms with Crippen molar-refractivity contribution < 1.29 is 21.9 Å². The molecule has 1 rings (SSSR count). The lowest BCUT2D eigenvalue weighted by Gasteiger charge is -2.12. The Morgan fingerprint density at radius 2 is 1.94 bits per heavy atom. The van der Waals surface area contributed by atoms with Crippen molar-refractivity contribution in [2.24, 2.45) is 0 Å². The van der Waals surface area contributed by atoms with Gasteiger partial charge in [0, 0.05) is 0 Å². The van der Waals surface area contributed by atoms with Crippen molar-refractivity contribution in [1.29, 1.82) is 0 Å². The van der Waals surface area contributed by atoms with Gasteiger partial charge in [-0.2, -0.15) is 8.78 Å². The highest BCUT2D eigenvalue weighted by Gasteiger charge is 2.16. The number of rotatable bonds is 5. The van der Waals surface area contributed by atoms with Crippen molar-refractivity contribution in [3.05, 3.63) is 23.2 Å². The summed E-state index contributed by atoms with van der Waals surface area (Å²) in [5.74, 6) is -0.209. The van der Waals surface area contributed by atoms with E-state index in [-0.39, 0.29) is 16.5 Å². The number of halogens is 3. The van der Waals surface area contributed by atoms with Crippen LogP contribution in [0.5, 0.6) is 5.75 Å². The van der Waals surface area contributed by atoms with E-state index < -0.39 is 21.9 Å². The van der Waals surface area contributed by atoms with Crippen LogP contribution >= 0.6 is 11.6 Å². The minimum absolute atomic E-state index is 0.0979. The number of benzene rings is 1. The summed E-state index contributed by atoms with van der Waals surface area (Å²) in [5.41, 5.74) is 0.190. The topological polar surface area (TPSA) is 55.4 Å². The smallest absolute Gasteiger partial charge is 0.387 e. The molecule has 0 unspecified atom stereocenters. The molecule has 1 N–H and O–H groups in total. The second-order valence-electron chi connectivity index (χ2n) is 3.72. The molecule has 0 aliphatic rings. The molecule has 0 atom stereocenters. The summed E-state index contributed by atoms with van der Waals surface area (Å²) >= 11 is 5.69. The number of nitrogens with one attached hydrogen (secondary N) is 1. The van der Waals surface area contributed by atoms with Crippen molar-refractivity contribution in [1.82, 2.24) is 0 Å². The first-order valence-corrected chi connectivity index (χ1v) is 6.91. The zero-order chi connectivity index (χ0) is 13.9. The van der Waals surface area contributed by atoms with Crippen LogP contribution in [0.15, 0.2) is 18.2 Å². The van der Waals surface area contributed by atoms with Gasteiger partial charge in [-0.15, -0.1) is 0 Å². The van der Waals surface area contributed by atoms with Crippen molar-refractivity contribution in [2.45, 2.75) is 25.7 Å². The largest absolute Gasteiger partial charge is 0.433 e. The van der Waals surface area contributed by atoms with Crippen LogP contribution in [-0.4, -0.2) is 20.3 Å². The highest BCUT2D eigenvalue weighted by molar-refractivity contribution is 7.93. The first-order chi connectivity index (χ1) is 8.22. The molecule has 0 spiro atoms. The Balaban J connectivity index is 2.92. The van der Waals surface area contributed by atoms with Gasteiger partial charge in [0.2, 0.25) is 10.0 Å². The van der Waals surface area contributed by atoms with Gasteiger partial charge in [-0.25, -0.2) is 8.42 Å². The van der Waals surface area contributed by atoms with E-state index in [1.165, 1.54) is 32.0 Å². The SMILES string of the molecule is CC(C)S(=O)(=O)Nc1ccc(OC(F)F)c(Cl)c1. The molecule has 0 bridgehead atoms. The van der Waals surface area contributed by atoms with Crippen LogP contribution in [0.2, 0.25) is 5.02 Å². The second kappa shape index (κ2) is 5.71. The zero-order valence-electron chi connectivity index (χ0n) is 9.65. The molecule has 0 amide bonds. The molecule has 1 aromatic carbocycles. The lowest BCUT2D eigenvalue weighted by atomic mass is 10.3. The van der Waals surface area contributed by atoms with E-state index in [1.54, 1.807) is 0 Å². The fraction of sp³-hybridized carbons (Fsp3) is 0.400. The molecule has 0 aromatic heterocycles. The number of alkyl halides is 2. The van der Waals surface area contributed by atoms with Crippen LogP contribution in [0, 0.1) is 0 Å². The summed E-state index contributed by atoms with van der Waals surface area (Å²) in [7, 11) is -3.50. The monoisotopic (exact) mass is 299 g/mol. The van der Waals surface area contributed by atoms with Gasteiger partial charge in [-0.1, -0.05) is 11.6 Å². The molecule has 1 aromatic rings. The van der Waals surface area contributed by atoms with Gasteiger partial charge in [0.15, 0.2) is 0 Å². The molecular formula is C10H12ClF2NO3S. The molecule has 18 heavy (non-hydrogen) atoms. The molecule has 0 fully saturated rings. The Morgan fingerprint density at radius 3 is 2.39 bits per heavy atom. The number of hydrogen-bond donors (Lipinski definition) is 1. The summed E-state index contributed by atoms with van der Waals surface area (Å²) in [4.78, 5) is 0. The van der Waals surface area contributed by atoms with Crippen molar-refractivity contribution in [3.8, 4) is 5.75 Å². The third kappa shape index (κ3) is 3.99. The van der Waals surface area contributed by atoms with Crippen LogP contribution < -0.4 is 9.46 Å². The number of ether oxygens (including phenoxy) is 1. The Bertz CT molecular complexity index is 520. The molecule has 102 valence electrons. The van der Waals surface area contributed by atoms with Crippen LogP contribution in [0.4, 0.5) is 14.5 Å². The molecule has 0 radical (unpaired) electrons. The lowest BCUT2D eigenvalue weighted by Crippen LogP contribution is -2.22. The third-order valence-electron chi connectivity index (χ3n) is 2.03. The highest BCUT2D eigenvalue weighted by Crippen LogP contribution is 2.29. The van der Waals surface area contributed by atoms with E-state index in [1.807, 2.05) is 0 Å². The second-order valence-corrected chi connectivity index (χ2v) is 6.36. The van der Waals surface area contributed by atoms with Crippen LogP contribution in [-0.2, 0) is 10.0 Å². The van der Waals surface area contributed by atoms with Gasteiger partial charge < -0.3 is 4.74 Å². The Labute approximate surface area is 109 Å². The Hall–Kier alpha value is -1.08. The molecule has 0 saturated carbocycles. The maximum absolute atomic E-state index is 12.0. The summed E-state index contributed by atoms with van der Waals surface area (Å²) < 4.78 is 53.5. The van der Waals surface area contributed by atoms with E-state index in [0.29, 0.717) is 0 Å². The van der Waals surface area contributed by atoms with Gasteiger partial charge in [0.1, 0.15) is 5.75 Å². The number of sulfonamides is 1. The van der Waals surface area contributed by atoms with E-state index >= 15 is 0 Å². The molecule has 0 aliphatic carbocycles. The van der Waals surface area contributed by atoms with E-state index in [4.69, 9.17) is 11.6 Å². The summed E-state index contributed by atoms with van der Waals surface area (Å²) in [5, 5.41) is -0.715. The molecule has 0 saturated heterocycles. The van der Waals surface area contributed by atoms with Crippen LogP contribution in [0.25, 0.3) is 0 Å². The fourth-order valence-electron chi connectivity index (χ4n) is 1.04. The van der Waals surface area contributed by atoms with Gasteiger partial charge in [0.05, 0.1) is 16.0 Å². The molecule has 0 heterocycles. The number of anilines is 1. The molecular weight excluding hydrogens is 288 g/mol. The van der Waals surface area contributed by atoms with Gasteiger partial charge >= 0.3 is 6.61 Å². The highest BCUT2D eigenvalue weighted by atomic mass is 35.5. The van der Waals surface area contributed by atoms with E-state index in [0.717, 1.165) is 0 Å². The van der Waals surface area contributed by atoms with Gasteiger partial charge in [0.25, 0.3) is 0 Å². The zero-order valence-corrected chi connectivity index (χ0v) is 11.2. The average molecular weight is 300 g/mol. The van der Waals surface area contributed by atoms with Gasteiger partial charge in [-0.3, -0.25) is 4.72 Å². The number of hydrogen-bond acceptors (Lipinski definition) is 3. The summed E-state index contributed by atoms with van der Waals surface area (Å²) in [6, 6.07) is 3.68. The van der Waals surface area contributed by atoms with E-state index in [9.17, 15) is 17.2 Å². The normalized spacial score (nSPS) is 11.9. The summed E-state index contributed by atoms with van der Waals surface area (Å²) in [6.45, 7) is 0.0388. The molecule has 4 nitrogen and oxygen atoms in total. The summed E-state index contributed by atoms with van der Waals surface area (Å²) in [6.07, 6.45) is 0. The van der Waals surface area contributed by atoms with Crippen LogP contribution in [0.3, 0.4) is 0 Å². The Kier molecular flexibility index (Phi) is 4.75. The predicted molar refractivity (Wildman–Crippen MR) is 65.8 cm³/mol. The minimum Gasteiger partial charge on any atom is -0.433 e. The van der Waals surface area contributed by atoms with Crippen LogP contribution in [0.1, 0.15) is 13.8 Å². The van der Waals surface area contributed by atoms with Crippen molar-refractivity contribution in [2.75, 3.05) is 4.72 Å². The molecule has 0 aliphatic heterocycles. The maximum atomic E-state index is 12.0. The van der Waals surface area contributed by atoms with Crippen molar-refractivity contribution >= 4 is 27.3 Å². The fourth-order valence-corrected chi connectivity index (χ4v) is 1.95. The lowest BCUT2D eigenvalue weighted by molar-refractivity contribution is -0.0497. The van der Waals surface area contributed by atoms with Crippen molar-refractivity contribution in [3.63, 3.8) is 0 Å². The Morgan fingerprint density at radius 1 is 1.33 bits per heavy atom. The third-order valence-corrected chi connectivity index (χ3v) is 4.09. The molecule has 8 heteroatoms. The van der Waals surface area contributed by atoms with Gasteiger partial charge in [-0.05, 0) is 32.0 Å². The maximum Gasteiger partial charge on any atom is 0.387 e.